The normalized spacial score (nSPS) is 26.3. The first-order valence-corrected chi connectivity index (χ1v) is 8.63. The van der Waals surface area contributed by atoms with Gasteiger partial charge >= 0.3 is 0 Å². The van der Waals surface area contributed by atoms with E-state index in [2.05, 4.69) is 5.32 Å². The summed E-state index contributed by atoms with van der Waals surface area (Å²) in [4.78, 5) is 12.8. The van der Waals surface area contributed by atoms with Crippen molar-refractivity contribution >= 4 is 5.78 Å². The van der Waals surface area contributed by atoms with Gasteiger partial charge in [-0.1, -0.05) is 38.1 Å². The van der Waals surface area contributed by atoms with E-state index in [0.717, 1.165) is 22.6 Å². The van der Waals surface area contributed by atoms with Crippen LogP contribution in [0.25, 0.3) is 0 Å². The molecule has 1 N–H and O–H groups in total. The van der Waals surface area contributed by atoms with E-state index in [1.54, 1.807) is 14.2 Å². The molecule has 4 atom stereocenters. The highest BCUT2D eigenvalue weighted by Crippen LogP contribution is 2.38. The highest BCUT2D eigenvalue weighted by Gasteiger charge is 2.40. The first kappa shape index (κ1) is 17.5. The molecule has 0 unspecified atom stereocenters. The van der Waals surface area contributed by atoms with E-state index in [0.29, 0.717) is 5.78 Å². The van der Waals surface area contributed by atoms with Crippen LogP contribution < -0.4 is 14.8 Å². The molecule has 1 saturated heterocycles. The minimum Gasteiger partial charge on any atom is -0.497 e. The van der Waals surface area contributed by atoms with Gasteiger partial charge in [0, 0.05) is 23.9 Å². The number of ether oxygens (including phenoxy) is 2. The van der Waals surface area contributed by atoms with Gasteiger partial charge in [-0.2, -0.15) is 0 Å². The zero-order valence-electron chi connectivity index (χ0n) is 15.2. The van der Waals surface area contributed by atoms with Gasteiger partial charge in [0.2, 0.25) is 0 Å². The summed E-state index contributed by atoms with van der Waals surface area (Å²) in [6.07, 6.45) is 0. The minimum absolute atomic E-state index is 0.0123. The predicted molar refractivity (Wildman–Crippen MR) is 97.9 cm³/mol. The summed E-state index contributed by atoms with van der Waals surface area (Å²) in [6, 6.07) is 15.8. The highest BCUT2D eigenvalue weighted by atomic mass is 16.5. The van der Waals surface area contributed by atoms with Gasteiger partial charge in [-0.15, -0.1) is 0 Å². The number of carbonyl (C=O) groups excluding carboxylic acids is 1. The second-order valence-electron chi connectivity index (χ2n) is 6.65. The molecule has 4 nitrogen and oxygen atoms in total. The van der Waals surface area contributed by atoms with Crippen molar-refractivity contribution in [3.05, 3.63) is 59.7 Å². The highest BCUT2D eigenvalue weighted by molar-refractivity contribution is 5.85. The quantitative estimate of drug-likeness (QED) is 0.917. The van der Waals surface area contributed by atoms with E-state index < -0.39 is 0 Å². The summed E-state index contributed by atoms with van der Waals surface area (Å²) in [5.41, 5.74) is 2.21. The molecule has 2 aromatic carbocycles. The van der Waals surface area contributed by atoms with Crippen molar-refractivity contribution in [2.75, 3.05) is 14.2 Å². The molecule has 1 fully saturated rings. The molecule has 4 heteroatoms. The zero-order valence-corrected chi connectivity index (χ0v) is 15.2. The second kappa shape index (κ2) is 7.28. The lowest BCUT2D eigenvalue weighted by atomic mass is 9.76. The van der Waals surface area contributed by atoms with E-state index in [1.165, 1.54) is 0 Å². The molecule has 0 radical (unpaired) electrons. The van der Waals surface area contributed by atoms with Crippen LogP contribution in [0.1, 0.15) is 37.1 Å². The topological polar surface area (TPSA) is 47.6 Å². The molecule has 132 valence electrons. The van der Waals surface area contributed by atoms with Crippen LogP contribution in [-0.2, 0) is 4.79 Å². The van der Waals surface area contributed by atoms with Crippen molar-refractivity contribution < 1.29 is 14.3 Å². The lowest BCUT2D eigenvalue weighted by Gasteiger charge is -2.39. The van der Waals surface area contributed by atoms with Gasteiger partial charge in [0.25, 0.3) is 0 Å². The number of nitrogens with one attached hydrogen (secondary N) is 1. The van der Waals surface area contributed by atoms with Crippen LogP contribution in [-0.4, -0.2) is 20.0 Å². The van der Waals surface area contributed by atoms with Gasteiger partial charge in [0.05, 0.1) is 14.2 Å². The third kappa shape index (κ3) is 3.40. The summed E-state index contributed by atoms with van der Waals surface area (Å²) < 4.78 is 10.5. The summed E-state index contributed by atoms with van der Waals surface area (Å²) in [5, 5.41) is 3.69. The Bertz CT molecular complexity index is 662. The smallest absolute Gasteiger partial charge is 0.142 e. The molecule has 1 heterocycles. The minimum atomic E-state index is -0.0714. The fraction of sp³-hybridized carbons (Fsp3) is 0.381. The Morgan fingerprint density at radius 1 is 0.720 bits per heavy atom. The van der Waals surface area contributed by atoms with Gasteiger partial charge < -0.3 is 14.8 Å². The zero-order chi connectivity index (χ0) is 18.0. The third-order valence-electron chi connectivity index (χ3n) is 5.21. The van der Waals surface area contributed by atoms with Gasteiger partial charge in [0.15, 0.2) is 0 Å². The first-order chi connectivity index (χ1) is 12.0. The summed E-state index contributed by atoms with van der Waals surface area (Å²) in [5.74, 6) is 1.79. The van der Waals surface area contributed by atoms with Crippen LogP contribution in [0.15, 0.2) is 48.5 Å². The van der Waals surface area contributed by atoms with Gasteiger partial charge in [-0.05, 0) is 35.4 Å². The van der Waals surface area contributed by atoms with Crippen molar-refractivity contribution in [1.29, 1.82) is 0 Å². The molecule has 25 heavy (non-hydrogen) atoms. The van der Waals surface area contributed by atoms with Crippen molar-refractivity contribution in [3.8, 4) is 11.5 Å². The van der Waals surface area contributed by atoms with E-state index >= 15 is 0 Å². The Hall–Kier alpha value is -2.33. The average molecular weight is 339 g/mol. The number of piperidine rings is 1. The maximum absolute atomic E-state index is 12.8. The number of Topliss-reactive ketones (excluding diaryl/α,β-unsaturated/α-hetero) is 1. The Balaban J connectivity index is 1.89. The van der Waals surface area contributed by atoms with E-state index in [9.17, 15) is 4.79 Å². The summed E-state index contributed by atoms with van der Waals surface area (Å²) in [7, 11) is 3.31. The standard InChI is InChI=1S/C21H25NO3/c1-13-19(15-5-9-17(24-3)10-6-15)22-20(14(2)21(13)23)16-7-11-18(25-4)12-8-16/h5-14,19-20,22H,1-4H3/t13-,14+,19-,20+. The predicted octanol–water partition coefficient (Wildman–Crippen LogP) is 3.93. The van der Waals surface area contributed by atoms with Crippen LogP contribution in [0.2, 0.25) is 0 Å². The SMILES string of the molecule is COc1ccc([C@H]2N[C@@H](c3ccc(OC)cc3)[C@@H](C)C(=O)[C@H]2C)cc1. The third-order valence-corrected chi connectivity index (χ3v) is 5.21. The monoisotopic (exact) mass is 339 g/mol. The second-order valence-corrected chi connectivity index (χ2v) is 6.65. The fourth-order valence-electron chi connectivity index (χ4n) is 3.62. The van der Waals surface area contributed by atoms with Gasteiger partial charge in [-0.3, -0.25) is 4.79 Å². The van der Waals surface area contributed by atoms with Crippen LogP contribution in [0.3, 0.4) is 0 Å². The van der Waals surface area contributed by atoms with Crippen LogP contribution in [0.4, 0.5) is 0 Å². The summed E-state index contributed by atoms with van der Waals surface area (Å²) >= 11 is 0. The van der Waals surface area contributed by atoms with Crippen molar-refractivity contribution in [3.63, 3.8) is 0 Å². The molecular formula is C21H25NO3. The first-order valence-electron chi connectivity index (χ1n) is 8.63. The molecule has 1 aliphatic heterocycles. The lowest BCUT2D eigenvalue weighted by molar-refractivity contribution is -0.130. The van der Waals surface area contributed by atoms with Gasteiger partial charge in [0.1, 0.15) is 17.3 Å². The molecular weight excluding hydrogens is 314 g/mol. The largest absolute Gasteiger partial charge is 0.497 e. The Morgan fingerprint density at radius 2 is 1.08 bits per heavy atom. The maximum Gasteiger partial charge on any atom is 0.142 e. The number of ketones is 1. The Morgan fingerprint density at radius 3 is 1.40 bits per heavy atom. The number of hydrogen-bond acceptors (Lipinski definition) is 4. The van der Waals surface area contributed by atoms with Crippen molar-refractivity contribution in [1.82, 2.24) is 5.32 Å². The molecule has 0 saturated carbocycles. The number of carbonyl (C=O) groups is 1. The number of benzene rings is 2. The van der Waals surface area contributed by atoms with Crippen LogP contribution in [0.5, 0.6) is 11.5 Å². The molecule has 2 aromatic rings. The number of hydrogen-bond donors (Lipinski definition) is 1. The fourth-order valence-corrected chi connectivity index (χ4v) is 3.62. The van der Waals surface area contributed by atoms with E-state index in [-0.39, 0.29) is 23.9 Å². The molecule has 0 amide bonds. The Labute approximate surface area is 149 Å². The van der Waals surface area contributed by atoms with Crippen molar-refractivity contribution in [2.45, 2.75) is 25.9 Å². The molecule has 0 aliphatic carbocycles. The lowest BCUT2D eigenvalue weighted by Crippen LogP contribution is -2.46. The molecule has 0 aromatic heterocycles. The molecule has 1 aliphatic rings. The average Bonchev–Trinajstić information content (AvgIpc) is 2.67. The molecule has 0 spiro atoms. The van der Waals surface area contributed by atoms with E-state index in [1.807, 2.05) is 62.4 Å². The summed E-state index contributed by atoms with van der Waals surface area (Å²) in [6.45, 7) is 4.01. The number of methoxy groups -OCH3 is 2. The molecule has 3 rings (SSSR count). The molecule has 0 bridgehead atoms. The van der Waals surface area contributed by atoms with Crippen molar-refractivity contribution in [2.24, 2.45) is 11.8 Å². The van der Waals surface area contributed by atoms with Crippen LogP contribution >= 0.6 is 0 Å². The van der Waals surface area contributed by atoms with Crippen LogP contribution in [0, 0.1) is 11.8 Å². The Kier molecular flexibility index (Phi) is 5.09. The maximum atomic E-state index is 12.8. The van der Waals surface area contributed by atoms with Gasteiger partial charge in [-0.25, -0.2) is 0 Å². The number of rotatable bonds is 4. The van der Waals surface area contributed by atoms with E-state index in [4.69, 9.17) is 9.47 Å².